The summed E-state index contributed by atoms with van der Waals surface area (Å²) in [6.07, 6.45) is 1.44. The summed E-state index contributed by atoms with van der Waals surface area (Å²) >= 11 is 0. The smallest absolute Gasteiger partial charge is 0.301 e. The molecule has 0 spiro atoms. The van der Waals surface area contributed by atoms with Crippen molar-refractivity contribution in [1.82, 2.24) is 5.43 Å². The largest absolute Gasteiger partial charge is 0.488 e. The monoisotopic (exact) mass is 274 g/mol. The van der Waals surface area contributed by atoms with Crippen LogP contribution in [0.25, 0.3) is 0 Å². The molecule has 0 saturated heterocycles. The van der Waals surface area contributed by atoms with Crippen molar-refractivity contribution in [2.24, 2.45) is 5.84 Å². The van der Waals surface area contributed by atoms with Gasteiger partial charge >= 0.3 is 5.91 Å². The van der Waals surface area contributed by atoms with E-state index in [0.29, 0.717) is 11.5 Å². The molecule has 3 N–H and O–H groups in total. The molecule has 106 valence electrons. The maximum absolute atomic E-state index is 11.5. The van der Waals surface area contributed by atoms with E-state index in [1.165, 1.54) is 6.26 Å². The highest BCUT2D eigenvalue weighted by atomic mass is 16.5. The quantitative estimate of drug-likeness (QED) is 0.499. The van der Waals surface area contributed by atoms with E-state index in [2.05, 4.69) is 13.8 Å². The lowest BCUT2D eigenvalue weighted by molar-refractivity contribution is 0.0922. The number of hydrazine groups is 1. The third-order valence-corrected chi connectivity index (χ3v) is 3.01. The van der Waals surface area contributed by atoms with Gasteiger partial charge in [0, 0.05) is 5.56 Å². The summed E-state index contributed by atoms with van der Waals surface area (Å²) < 4.78 is 10.9. The zero-order chi connectivity index (χ0) is 14.5. The Morgan fingerprint density at radius 3 is 2.80 bits per heavy atom. The SMILES string of the molecule is CC(C)c1ccccc1OCc1ccoc1C(=O)NN. The van der Waals surface area contributed by atoms with Crippen LogP contribution in [-0.4, -0.2) is 5.91 Å². The molecule has 1 aromatic heterocycles. The number of carbonyl (C=O) groups is 1. The number of para-hydroxylation sites is 1. The maximum Gasteiger partial charge on any atom is 0.301 e. The van der Waals surface area contributed by atoms with E-state index in [9.17, 15) is 4.79 Å². The summed E-state index contributed by atoms with van der Waals surface area (Å²) in [5, 5.41) is 0. The lowest BCUT2D eigenvalue weighted by atomic mass is 10.0. The number of ether oxygens (including phenoxy) is 1. The Morgan fingerprint density at radius 2 is 2.10 bits per heavy atom. The summed E-state index contributed by atoms with van der Waals surface area (Å²) in [7, 11) is 0. The van der Waals surface area contributed by atoms with E-state index in [1.54, 1.807) is 6.07 Å². The molecule has 1 amide bonds. The van der Waals surface area contributed by atoms with Crippen molar-refractivity contribution in [3.8, 4) is 5.75 Å². The standard InChI is InChI=1S/C15H18N2O3/c1-10(2)12-5-3-4-6-13(12)20-9-11-7-8-19-14(11)15(18)17-16/h3-8,10H,9,16H2,1-2H3,(H,17,18). The van der Waals surface area contributed by atoms with Gasteiger partial charge in [0.25, 0.3) is 0 Å². The number of benzene rings is 1. The molecule has 0 saturated carbocycles. The third kappa shape index (κ3) is 3.00. The first kappa shape index (κ1) is 14.1. The Balaban J connectivity index is 2.14. The van der Waals surface area contributed by atoms with Crippen LogP contribution in [0, 0.1) is 0 Å². The van der Waals surface area contributed by atoms with Crippen molar-refractivity contribution in [1.29, 1.82) is 0 Å². The van der Waals surface area contributed by atoms with Gasteiger partial charge < -0.3 is 9.15 Å². The number of hydrogen-bond donors (Lipinski definition) is 2. The predicted molar refractivity (Wildman–Crippen MR) is 75.2 cm³/mol. The van der Waals surface area contributed by atoms with Gasteiger partial charge in [-0.15, -0.1) is 0 Å². The second kappa shape index (κ2) is 6.25. The highest BCUT2D eigenvalue weighted by molar-refractivity contribution is 5.92. The number of furan rings is 1. The number of rotatable bonds is 5. The highest BCUT2D eigenvalue weighted by Gasteiger charge is 2.15. The third-order valence-electron chi connectivity index (χ3n) is 3.01. The molecule has 0 aliphatic rings. The summed E-state index contributed by atoms with van der Waals surface area (Å²) in [6, 6.07) is 9.54. The van der Waals surface area contributed by atoms with Crippen molar-refractivity contribution < 1.29 is 13.9 Å². The lowest BCUT2D eigenvalue weighted by Crippen LogP contribution is -2.30. The zero-order valence-electron chi connectivity index (χ0n) is 11.6. The van der Waals surface area contributed by atoms with Gasteiger partial charge in [0.2, 0.25) is 0 Å². The summed E-state index contributed by atoms with van der Waals surface area (Å²) in [4.78, 5) is 11.5. The van der Waals surface area contributed by atoms with Crippen molar-refractivity contribution in [2.45, 2.75) is 26.4 Å². The summed E-state index contributed by atoms with van der Waals surface area (Å²) in [6.45, 7) is 4.46. The Hall–Kier alpha value is -2.27. The van der Waals surface area contributed by atoms with Gasteiger partial charge in [-0.05, 0) is 23.6 Å². The van der Waals surface area contributed by atoms with Gasteiger partial charge in [-0.2, -0.15) is 0 Å². The minimum atomic E-state index is -0.467. The van der Waals surface area contributed by atoms with Gasteiger partial charge in [0.15, 0.2) is 5.76 Å². The second-order valence-electron chi connectivity index (χ2n) is 4.73. The van der Waals surface area contributed by atoms with E-state index in [-0.39, 0.29) is 12.4 Å². The van der Waals surface area contributed by atoms with Crippen LogP contribution in [0.1, 0.15) is 41.4 Å². The average Bonchev–Trinajstić information content (AvgIpc) is 2.92. The zero-order valence-corrected chi connectivity index (χ0v) is 11.6. The molecular weight excluding hydrogens is 256 g/mol. The molecule has 20 heavy (non-hydrogen) atoms. The van der Waals surface area contributed by atoms with E-state index >= 15 is 0 Å². The minimum Gasteiger partial charge on any atom is -0.488 e. The first-order valence-corrected chi connectivity index (χ1v) is 6.42. The topological polar surface area (TPSA) is 77.5 Å². The number of hydrogen-bond acceptors (Lipinski definition) is 4. The van der Waals surface area contributed by atoms with Gasteiger partial charge in [0.1, 0.15) is 12.4 Å². The molecule has 0 bridgehead atoms. The van der Waals surface area contributed by atoms with Gasteiger partial charge in [-0.25, -0.2) is 5.84 Å². The first-order chi connectivity index (χ1) is 9.63. The Labute approximate surface area is 117 Å². The summed E-state index contributed by atoms with van der Waals surface area (Å²) in [5.74, 6) is 5.98. The van der Waals surface area contributed by atoms with Gasteiger partial charge in [-0.1, -0.05) is 32.0 Å². The number of carbonyl (C=O) groups excluding carboxylic acids is 1. The Kier molecular flexibility index (Phi) is 4.42. The van der Waals surface area contributed by atoms with Gasteiger partial charge in [0.05, 0.1) is 6.26 Å². The van der Waals surface area contributed by atoms with Gasteiger partial charge in [-0.3, -0.25) is 10.2 Å². The molecule has 1 heterocycles. The predicted octanol–water partition coefficient (Wildman–Crippen LogP) is 2.59. The first-order valence-electron chi connectivity index (χ1n) is 6.42. The van der Waals surface area contributed by atoms with Crippen LogP contribution >= 0.6 is 0 Å². The lowest BCUT2D eigenvalue weighted by Gasteiger charge is -2.13. The molecule has 0 radical (unpaired) electrons. The van der Waals surface area contributed by atoms with Crippen LogP contribution in [0.5, 0.6) is 5.75 Å². The molecule has 0 aliphatic heterocycles. The van der Waals surface area contributed by atoms with E-state index in [4.69, 9.17) is 15.0 Å². The molecule has 2 rings (SSSR count). The fraction of sp³-hybridized carbons (Fsp3) is 0.267. The molecule has 0 atom stereocenters. The average molecular weight is 274 g/mol. The minimum absolute atomic E-state index is 0.175. The van der Waals surface area contributed by atoms with Crippen molar-refractivity contribution in [3.63, 3.8) is 0 Å². The van der Waals surface area contributed by atoms with Crippen LogP contribution in [0.3, 0.4) is 0 Å². The van der Waals surface area contributed by atoms with Crippen molar-refractivity contribution in [2.75, 3.05) is 0 Å². The number of nitrogen functional groups attached to an aromatic ring is 1. The Morgan fingerprint density at radius 1 is 1.35 bits per heavy atom. The van der Waals surface area contributed by atoms with E-state index in [0.717, 1.165) is 11.3 Å². The maximum atomic E-state index is 11.5. The molecule has 1 aromatic carbocycles. The molecule has 0 aliphatic carbocycles. The molecule has 0 unspecified atom stereocenters. The molecule has 5 heteroatoms. The fourth-order valence-corrected chi connectivity index (χ4v) is 1.96. The fourth-order valence-electron chi connectivity index (χ4n) is 1.96. The normalized spacial score (nSPS) is 10.6. The van der Waals surface area contributed by atoms with E-state index < -0.39 is 5.91 Å². The molecular formula is C15H18N2O3. The Bertz CT molecular complexity index is 590. The number of nitrogens with one attached hydrogen (secondary N) is 1. The van der Waals surface area contributed by atoms with Crippen LogP contribution in [0.15, 0.2) is 41.0 Å². The van der Waals surface area contributed by atoms with Crippen molar-refractivity contribution >= 4 is 5.91 Å². The molecule has 2 aromatic rings. The van der Waals surface area contributed by atoms with Crippen LogP contribution < -0.4 is 16.0 Å². The summed E-state index contributed by atoms with van der Waals surface area (Å²) in [5.41, 5.74) is 3.83. The van der Waals surface area contributed by atoms with Crippen LogP contribution in [0.4, 0.5) is 0 Å². The van der Waals surface area contributed by atoms with E-state index in [1.807, 2.05) is 29.7 Å². The number of nitrogens with two attached hydrogens (primary N) is 1. The molecule has 0 fully saturated rings. The van der Waals surface area contributed by atoms with Crippen molar-refractivity contribution in [3.05, 3.63) is 53.5 Å². The van der Waals surface area contributed by atoms with Crippen LogP contribution in [0.2, 0.25) is 0 Å². The van der Waals surface area contributed by atoms with Crippen LogP contribution in [-0.2, 0) is 6.61 Å². The second-order valence-corrected chi connectivity index (χ2v) is 4.73. The molecule has 5 nitrogen and oxygen atoms in total. The number of amides is 1. The highest BCUT2D eigenvalue weighted by Crippen LogP contribution is 2.27.